The number of piperidine rings is 1. The number of carbonyl (C=O) groups is 2. The lowest BCUT2D eigenvalue weighted by atomic mass is 10.1. The molecule has 0 aromatic carbocycles. The minimum Gasteiger partial charge on any atom is -0.476 e. The summed E-state index contributed by atoms with van der Waals surface area (Å²) in [5.74, 6) is -0.598. The van der Waals surface area contributed by atoms with Crippen molar-refractivity contribution in [2.24, 2.45) is 0 Å². The van der Waals surface area contributed by atoms with Gasteiger partial charge in [-0.25, -0.2) is 0 Å². The van der Waals surface area contributed by atoms with Crippen molar-refractivity contribution in [1.82, 2.24) is 9.88 Å². The standard InChI is InChI=1S/C13H15N3O5/c1-9-2-3-11(13(14-9)16(19)20)21-8-12(18)15-6-4-10(17)5-7-15/h2-3H,4-8H2,1H3. The monoisotopic (exact) mass is 293 g/mol. The van der Waals surface area contributed by atoms with E-state index in [1.807, 2.05) is 0 Å². The molecule has 1 aromatic heterocycles. The topological polar surface area (TPSA) is 103 Å². The van der Waals surface area contributed by atoms with E-state index in [-0.39, 0.29) is 24.0 Å². The van der Waals surface area contributed by atoms with E-state index in [1.165, 1.54) is 11.0 Å². The SMILES string of the molecule is Cc1ccc(OCC(=O)N2CCC(=O)CC2)c([N+](=O)[O-])n1. The van der Waals surface area contributed by atoms with Crippen LogP contribution in [0.5, 0.6) is 5.75 Å². The minimum absolute atomic E-state index is 0.0352. The van der Waals surface area contributed by atoms with Crippen molar-refractivity contribution >= 4 is 17.5 Å². The van der Waals surface area contributed by atoms with Gasteiger partial charge in [-0.2, -0.15) is 0 Å². The molecule has 1 saturated heterocycles. The summed E-state index contributed by atoms with van der Waals surface area (Å²) >= 11 is 0. The van der Waals surface area contributed by atoms with E-state index >= 15 is 0 Å². The second kappa shape index (κ2) is 6.29. The van der Waals surface area contributed by atoms with Crippen LogP contribution in [0.1, 0.15) is 18.5 Å². The molecule has 0 atom stereocenters. The number of likely N-dealkylation sites (tertiary alicyclic amines) is 1. The first kappa shape index (κ1) is 14.9. The van der Waals surface area contributed by atoms with Crippen LogP contribution >= 0.6 is 0 Å². The third kappa shape index (κ3) is 3.74. The molecule has 21 heavy (non-hydrogen) atoms. The highest BCUT2D eigenvalue weighted by atomic mass is 16.6. The molecule has 2 rings (SSSR count). The smallest absolute Gasteiger partial charge is 0.406 e. The van der Waals surface area contributed by atoms with Gasteiger partial charge in [-0.1, -0.05) is 0 Å². The van der Waals surface area contributed by atoms with Crippen LogP contribution in [0.2, 0.25) is 0 Å². The van der Waals surface area contributed by atoms with Crippen molar-refractivity contribution in [2.45, 2.75) is 19.8 Å². The Labute approximate surface area is 120 Å². The van der Waals surface area contributed by atoms with E-state index in [0.29, 0.717) is 31.6 Å². The molecule has 0 N–H and O–H groups in total. The van der Waals surface area contributed by atoms with Gasteiger partial charge in [-0.15, -0.1) is 0 Å². The van der Waals surface area contributed by atoms with E-state index in [0.717, 1.165) is 0 Å². The van der Waals surface area contributed by atoms with Crippen LogP contribution in [0.25, 0.3) is 0 Å². The van der Waals surface area contributed by atoms with E-state index in [1.54, 1.807) is 13.0 Å². The number of rotatable bonds is 4. The van der Waals surface area contributed by atoms with Crippen molar-refractivity contribution in [3.63, 3.8) is 0 Å². The van der Waals surface area contributed by atoms with Crippen LogP contribution in [0.4, 0.5) is 5.82 Å². The number of hydrogen-bond donors (Lipinski definition) is 0. The third-order valence-corrected chi connectivity index (χ3v) is 3.18. The highest BCUT2D eigenvalue weighted by Crippen LogP contribution is 2.24. The number of hydrogen-bond acceptors (Lipinski definition) is 6. The van der Waals surface area contributed by atoms with Crippen LogP contribution in [0, 0.1) is 17.0 Å². The van der Waals surface area contributed by atoms with Crippen molar-refractivity contribution in [3.8, 4) is 5.75 Å². The van der Waals surface area contributed by atoms with Gasteiger partial charge in [0.05, 0.1) is 0 Å². The number of aryl methyl sites for hydroxylation is 1. The number of Topliss-reactive ketones (excluding diaryl/α,β-unsaturated/α-hetero) is 1. The molecule has 0 bridgehead atoms. The van der Waals surface area contributed by atoms with Gasteiger partial charge in [0.25, 0.3) is 5.91 Å². The molecule has 112 valence electrons. The predicted octanol–water partition coefficient (Wildman–Crippen LogP) is 0.869. The average molecular weight is 293 g/mol. The van der Waals surface area contributed by atoms with Crippen molar-refractivity contribution in [3.05, 3.63) is 27.9 Å². The minimum atomic E-state index is -0.646. The average Bonchev–Trinajstić information content (AvgIpc) is 2.46. The Hall–Kier alpha value is -2.51. The molecule has 8 nitrogen and oxygen atoms in total. The Kier molecular flexibility index (Phi) is 4.46. The summed E-state index contributed by atoms with van der Waals surface area (Å²) in [6.07, 6.45) is 0.690. The summed E-state index contributed by atoms with van der Waals surface area (Å²) in [6.45, 7) is 2.07. The first-order valence-electron chi connectivity index (χ1n) is 6.51. The maximum absolute atomic E-state index is 11.9. The fraction of sp³-hybridized carbons (Fsp3) is 0.462. The number of ketones is 1. The second-order valence-electron chi connectivity index (χ2n) is 4.74. The number of ether oxygens (including phenoxy) is 1. The van der Waals surface area contributed by atoms with Crippen LogP contribution in [-0.4, -0.2) is 46.2 Å². The highest BCUT2D eigenvalue weighted by molar-refractivity contribution is 5.84. The molecule has 1 aliphatic heterocycles. The Morgan fingerprint density at radius 1 is 1.43 bits per heavy atom. The van der Waals surface area contributed by atoms with E-state index in [2.05, 4.69) is 4.98 Å². The summed E-state index contributed by atoms with van der Waals surface area (Å²) in [4.78, 5) is 38.6. The lowest BCUT2D eigenvalue weighted by Crippen LogP contribution is -2.41. The Morgan fingerprint density at radius 2 is 2.10 bits per heavy atom. The fourth-order valence-corrected chi connectivity index (χ4v) is 2.01. The van der Waals surface area contributed by atoms with Crippen LogP contribution in [0.15, 0.2) is 12.1 Å². The molecule has 0 saturated carbocycles. The van der Waals surface area contributed by atoms with Gasteiger partial charge in [-0.3, -0.25) is 9.59 Å². The number of amides is 1. The molecule has 0 radical (unpaired) electrons. The summed E-state index contributed by atoms with van der Waals surface area (Å²) in [5, 5.41) is 10.9. The molecular formula is C13H15N3O5. The highest BCUT2D eigenvalue weighted by Gasteiger charge is 2.23. The summed E-state index contributed by atoms with van der Waals surface area (Å²) in [7, 11) is 0. The molecule has 2 heterocycles. The Balaban J connectivity index is 1.98. The number of aromatic nitrogens is 1. The maximum Gasteiger partial charge on any atom is 0.406 e. The first-order valence-corrected chi connectivity index (χ1v) is 6.51. The zero-order valence-electron chi connectivity index (χ0n) is 11.6. The first-order chi connectivity index (χ1) is 9.97. The van der Waals surface area contributed by atoms with Crippen molar-refractivity contribution in [1.29, 1.82) is 0 Å². The number of nitrogens with zero attached hydrogens (tertiary/aromatic N) is 3. The van der Waals surface area contributed by atoms with E-state index in [9.17, 15) is 19.7 Å². The zero-order valence-corrected chi connectivity index (χ0v) is 11.6. The normalized spacial score (nSPS) is 14.9. The van der Waals surface area contributed by atoms with Crippen molar-refractivity contribution in [2.75, 3.05) is 19.7 Å². The zero-order chi connectivity index (χ0) is 15.4. The summed E-state index contributed by atoms with van der Waals surface area (Å²) in [5.41, 5.74) is 0.495. The molecule has 1 aliphatic rings. The predicted molar refractivity (Wildman–Crippen MR) is 71.9 cm³/mol. The fourth-order valence-electron chi connectivity index (χ4n) is 2.01. The van der Waals surface area contributed by atoms with Gasteiger partial charge in [0.15, 0.2) is 6.61 Å². The molecular weight excluding hydrogens is 278 g/mol. The molecule has 1 amide bonds. The molecule has 0 aliphatic carbocycles. The molecule has 8 heteroatoms. The van der Waals surface area contributed by atoms with E-state index < -0.39 is 10.7 Å². The number of pyridine rings is 1. The van der Waals surface area contributed by atoms with Gasteiger partial charge >= 0.3 is 5.82 Å². The third-order valence-electron chi connectivity index (χ3n) is 3.18. The Morgan fingerprint density at radius 3 is 2.71 bits per heavy atom. The largest absolute Gasteiger partial charge is 0.476 e. The van der Waals surface area contributed by atoms with E-state index in [4.69, 9.17) is 4.74 Å². The number of nitro groups is 1. The Bertz CT molecular complexity index is 577. The maximum atomic E-state index is 11.9. The van der Waals surface area contributed by atoms with Gasteiger partial charge in [0.1, 0.15) is 11.5 Å². The molecule has 1 aromatic rings. The van der Waals surface area contributed by atoms with Gasteiger partial charge in [0.2, 0.25) is 5.75 Å². The van der Waals surface area contributed by atoms with Crippen LogP contribution < -0.4 is 4.74 Å². The van der Waals surface area contributed by atoms with Gasteiger partial charge < -0.3 is 19.8 Å². The number of carbonyl (C=O) groups excluding carboxylic acids is 2. The lowest BCUT2D eigenvalue weighted by molar-refractivity contribution is -0.390. The molecule has 0 unspecified atom stereocenters. The molecule has 1 fully saturated rings. The second-order valence-corrected chi connectivity index (χ2v) is 4.74. The van der Waals surface area contributed by atoms with Crippen LogP contribution in [0.3, 0.4) is 0 Å². The van der Waals surface area contributed by atoms with Gasteiger partial charge in [0, 0.05) is 32.9 Å². The summed E-state index contributed by atoms with van der Waals surface area (Å²) in [6, 6.07) is 3.00. The molecule has 0 spiro atoms. The van der Waals surface area contributed by atoms with Crippen LogP contribution in [-0.2, 0) is 9.59 Å². The lowest BCUT2D eigenvalue weighted by Gasteiger charge is -2.25. The summed E-state index contributed by atoms with van der Waals surface area (Å²) < 4.78 is 5.21. The van der Waals surface area contributed by atoms with Crippen molar-refractivity contribution < 1.29 is 19.2 Å². The quantitative estimate of drug-likeness (QED) is 0.602. The van der Waals surface area contributed by atoms with Gasteiger partial charge in [-0.05, 0) is 22.0 Å².